The maximum atomic E-state index is 12.0. The van der Waals surface area contributed by atoms with Gasteiger partial charge in [0.25, 0.3) is 5.91 Å². The van der Waals surface area contributed by atoms with Crippen molar-refractivity contribution in [3.8, 4) is 5.88 Å². The van der Waals surface area contributed by atoms with E-state index in [2.05, 4.69) is 15.3 Å². The smallest absolute Gasteiger partial charge is 0.262 e. The fraction of sp³-hybridized carbons (Fsp3) is 0.133. The number of hydrogen-bond acceptors (Lipinski definition) is 5. The Balaban J connectivity index is 1.66. The van der Waals surface area contributed by atoms with Crippen molar-refractivity contribution in [2.45, 2.75) is 6.92 Å². The molecular formula is C15H12ClN3O2S. The van der Waals surface area contributed by atoms with E-state index in [1.165, 1.54) is 17.7 Å². The van der Waals surface area contributed by atoms with E-state index in [9.17, 15) is 4.79 Å². The topological polar surface area (TPSA) is 64.1 Å². The second kappa shape index (κ2) is 6.29. The number of ether oxygens (including phenoxy) is 1. The summed E-state index contributed by atoms with van der Waals surface area (Å²) in [5.41, 5.74) is 1.59. The molecule has 5 nitrogen and oxygen atoms in total. The normalized spacial score (nSPS) is 10.6. The van der Waals surface area contributed by atoms with Crippen molar-refractivity contribution < 1.29 is 9.53 Å². The largest absolute Gasteiger partial charge is 0.467 e. The highest BCUT2D eigenvalue weighted by molar-refractivity contribution is 7.16. The van der Waals surface area contributed by atoms with Crippen LogP contribution in [-0.4, -0.2) is 22.5 Å². The lowest BCUT2D eigenvalue weighted by molar-refractivity contribution is -0.118. The van der Waals surface area contributed by atoms with Crippen LogP contribution in [0.5, 0.6) is 5.88 Å². The first kappa shape index (κ1) is 14.7. The lowest BCUT2D eigenvalue weighted by Crippen LogP contribution is -2.20. The lowest BCUT2D eigenvalue weighted by atomic mass is 10.2. The number of aryl methyl sites for hydroxylation is 1. The van der Waals surface area contributed by atoms with Gasteiger partial charge in [0.15, 0.2) is 6.61 Å². The monoisotopic (exact) mass is 333 g/mol. The Kier molecular flexibility index (Phi) is 4.22. The third-order valence-electron chi connectivity index (χ3n) is 2.96. The van der Waals surface area contributed by atoms with E-state index in [0.717, 1.165) is 15.8 Å². The van der Waals surface area contributed by atoms with Gasteiger partial charge in [0.2, 0.25) is 5.88 Å². The molecule has 1 N–H and O–H groups in total. The molecule has 0 unspecified atom stereocenters. The van der Waals surface area contributed by atoms with Gasteiger partial charge in [-0.15, -0.1) is 11.3 Å². The minimum Gasteiger partial charge on any atom is -0.467 e. The van der Waals surface area contributed by atoms with Crippen molar-refractivity contribution in [2.24, 2.45) is 0 Å². The molecule has 1 aromatic carbocycles. The fourth-order valence-corrected chi connectivity index (χ4v) is 2.93. The summed E-state index contributed by atoms with van der Waals surface area (Å²) in [5, 5.41) is 5.91. The quantitative estimate of drug-likeness (QED) is 0.791. The first-order valence-corrected chi connectivity index (χ1v) is 7.76. The Morgan fingerprint density at radius 2 is 2.23 bits per heavy atom. The van der Waals surface area contributed by atoms with Crippen LogP contribution in [-0.2, 0) is 4.79 Å². The zero-order chi connectivity index (χ0) is 15.5. The second-order valence-electron chi connectivity index (χ2n) is 4.64. The van der Waals surface area contributed by atoms with E-state index in [-0.39, 0.29) is 12.5 Å². The highest BCUT2D eigenvalue weighted by atomic mass is 35.5. The summed E-state index contributed by atoms with van der Waals surface area (Å²) >= 11 is 7.57. The number of fused-ring (bicyclic) bond motifs is 1. The molecule has 0 spiro atoms. The van der Waals surface area contributed by atoms with Crippen LogP contribution in [0.4, 0.5) is 5.69 Å². The number of halogens is 1. The number of hydrogen-bond donors (Lipinski definition) is 1. The minimum atomic E-state index is -0.298. The number of nitrogens with one attached hydrogen (secondary N) is 1. The zero-order valence-corrected chi connectivity index (χ0v) is 13.2. The Hall–Kier alpha value is -2.18. The van der Waals surface area contributed by atoms with Crippen molar-refractivity contribution in [1.82, 2.24) is 9.97 Å². The average Bonchev–Trinajstić information content (AvgIpc) is 2.97. The Bertz CT molecular complexity index is 835. The number of aromatic nitrogens is 2. The van der Waals surface area contributed by atoms with Gasteiger partial charge in [-0.3, -0.25) is 4.79 Å². The molecule has 0 saturated heterocycles. The Labute approximate surface area is 135 Å². The predicted octanol–water partition coefficient (Wildman–Crippen LogP) is 3.67. The molecule has 0 bridgehead atoms. The van der Waals surface area contributed by atoms with Crippen LogP contribution in [0.2, 0.25) is 5.02 Å². The van der Waals surface area contributed by atoms with Crippen LogP contribution in [0.25, 0.3) is 10.2 Å². The van der Waals surface area contributed by atoms with Crippen molar-refractivity contribution in [3.63, 3.8) is 0 Å². The molecule has 3 rings (SSSR count). The third-order valence-corrected chi connectivity index (χ3v) is 4.10. The molecule has 3 aromatic rings. The van der Waals surface area contributed by atoms with E-state index in [0.29, 0.717) is 16.6 Å². The van der Waals surface area contributed by atoms with Crippen molar-refractivity contribution in [2.75, 3.05) is 11.9 Å². The fourth-order valence-electron chi connectivity index (χ4n) is 1.92. The van der Waals surface area contributed by atoms with Crippen molar-refractivity contribution >= 4 is 44.7 Å². The summed E-state index contributed by atoms with van der Waals surface area (Å²) in [5.74, 6) is 0.101. The van der Waals surface area contributed by atoms with E-state index >= 15 is 0 Å². The van der Waals surface area contributed by atoms with Crippen LogP contribution in [0.3, 0.4) is 0 Å². The third kappa shape index (κ3) is 3.18. The molecule has 0 radical (unpaired) electrons. The van der Waals surface area contributed by atoms with Gasteiger partial charge in [-0.05, 0) is 36.1 Å². The highest BCUT2D eigenvalue weighted by Gasteiger charge is 2.10. The summed E-state index contributed by atoms with van der Waals surface area (Å²) in [7, 11) is 0. The summed E-state index contributed by atoms with van der Waals surface area (Å²) in [6.07, 6.45) is 1.42. The van der Waals surface area contributed by atoms with Gasteiger partial charge < -0.3 is 10.1 Å². The summed E-state index contributed by atoms with van der Waals surface area (Å²) < 4.78 is 5.48. The second-order valence-corrected chi connectivity index (χ2v) is 5.94. The van der Waals surface area contributed by atoms with Gasteiger partial charge >= 0.3 is 0 Å². The summed E-state index contributed by atoms with van der Waals surface area (Å²) in [6, 6.07) is 7.29. The molecule has 2 heterocycles. The number of anilines is 1. The molecule has 0 aliphatic rings. The molecular weight excluding hydrogens is 322 g/mol. The van der Waals surface area contributed by atoms with Crippen LogP contribution < -0.4 is 10.1 Å². The van der Waals surface area contributed by atoms with Gasteiger partial charge in [0.05, 0.1) is 16.1 Å². The molecule has 0 atom stereocenters. The molecule has 22 heavy (non-hydrogen) atoms. The van der Waals surface area contributed by atoms with E-state index in [4.69, 9.17) is 16.3 Å². The van der Waals surface area contributed by atoms with E-state index in [1.807, 2.05) is 24.4 Å². The molecule has 112 valence electrons. The molecule has 1 amide bonds. The van der Waals surface area contributed by atoms with Gasteiger partial charge in [-0.1, -0.05) is 17.7 Å². The number of rotatable bonds is 4. The van der Waals surface area contributed by atoms with Gasteiger partial charge in [0.1, 0.15) is 11.2 Å². The van der Waals surface area contributed by atoms with Crippen LogP contribution >= 0.6 is 22.9 Å². The number of amides is 1. The maximum absolute atomic E-state index is 12.0. The maximum Gasteiger partial charge on any atom is 0.262 e. The number of carbonyl (C=O) groups is 1. The minimum absolute atomic E-state index is 0.147. The lowest BCUT2D eigenvalue weighted by Gasteiger charge is -2.09. The van der Waals surface area contributed by atoms with Gasteiger partial charge in [-0.2, -0.15) is 0 Å². The van der Waals surface area contributed by atoms with Crippen LogP contribution in [0, 0.1) is 6.92 Å². The average molecular weight is 334 g/mol. The molecule has 7 heteroatoms. The highest BCUT2D eigenvalue weighted by Crippen LogP contribution is 2.26. The van der Waals surface area contributed by atoms with Gasteiger partial charge in [0, 0.05) is 0 Å². The number of benzene rings is 1. The molecule has 0 fully saturated rings. The molecule has 0 aliphatic carbocycles. The standard InChI is InChI=1S/C15H12ClN3O2S/c1-9-2-3-12(11(16)6-9)19-13(20)7-21-14-10-4-5-22-15(10)18-8-17-14/h2-6,8H,7H2,1H3,(H,19,20). The molecule has 0 aliphatic heterocycles. The van der Waals surface area contributed by atoms with Crippen molar-refractivity contribution in [3.05, 3.63) is 46.6 Å². The molecule has 2 aromatic heterocycles. The SMILES string of the molecule is Cc1ccc(NC(=O)COc2ncnc3sccc23)c(Cl)c1. The first-order valence-electron chi connectivity index (χ1n) is 6.50. The van der Waals surface area contributed by atoms with E-state index < -0.39 is 0 Å². The van der Waals surface area contributed by atoms with Crippen LogP contribution in [0.1, 0.15) is 5.56 Å². The van der Waals surface area contributed by atoms with Gasteiger partial charge in [-0.25, -0.2) is 9.97 Å². The number of carbonyl (C=O) groups excluding carboxylic acids is 1. The van der Waals surface area contributed by atoms with E-state index in [1.54, 1.807) is 12.1 Å². The summed E-state index contributed by atoms with van der Waals surface area (Å²) in [4.78, 5) is 21.0. The number of nitrogens with zero attached hydrogens (tertiary/aromatic N) is 2. The van der Waals surface area contributed by atoms with Crippen LogP contribution in [0.15, 0.2) is 36.0 Å². The number of thiophene rings is 1. The summed E-state index contributed by atoms with van der Waals surface area (Å²) in [6.45, 7) is 1.79. The zero-order valence-electron chi connectivity index (χ0n) is 11.7. The first-order chi connectivity index (χ1) is 10.6. The Morgan fingerprint density at radius 1 is 1.36 bits per heavy atom. The van der Waals surface area contributed by atoms with Crippen molar-refractivity contribution in [1.29, 1.82) is 0 Å². The predicted molar refractivity (Wildman–Crippen MR) is 87.7 cm³/mol. The molecule has 0 saturated carbocycles. The Morgan fingerprint density at radius 3 is 3.05 bits per heavy atom.